The Kier molecular flexibility index (Phi) is 3.15. The molecule has 0 unspecified atom stereocenters. The Bertz CT molecular complexity index is 1740. The van der Waals surface area contributed by atoms with Gasteiger partial charge in [0, 0.05) is 16.2 Å². The fraction of sp³-hybridized carbons (Fsp3) is 0.185. The van der Waals surface area contributed by atoms with Gasteiger partial charge >= 0.3 is 0 Å². The maximum absolute atomic E-state index is 9.85. The molecule has 0 amide bonds. The molecule has 6 rings (SSSR count). The number of pyridine rings is 2. The van der Waals surface area contributed by atoms with E-state index in [9.17, 15) is 5.26 Å². The van der Waals surface area contributed by atoms with Crippen molar-refractivity contribution in [3.8, 4) is 6.07 Å². The highest BCUT2D eigenvalue weighted by atomic mass is 15.0. The van der Waals surface area contributed by atoms with Gasteiger partial charge in [-0.1, -0.05) is 30.3 Å². The highest BCUT2D eigenvalue weighted by Gasteiger charge is 2.27. The van der Waals surface area contributed by atoms with Gasteiger partial charge in [0.1, 0.15) is 18.7 Å². The second-order valence-electron chi connectivity index (χ2n) is 8.57. The van der Waals surface area contributed by atoms with Crippen molar-refractivity contribution in [1.29, 1.82) is 5.26 Å². The molecular weight excluding hydrogens is 366 g/mol. The normalized spacial score (nSPS) is 12.1. The zero-order valence-electron chi connectivity index (χ0n) is 17.9. The largest absolute Gasteiger partial charge is 0.307 e. The molecule has 30 heavy (non-hydrogen) atoms. The van der Waals surface area contributed by atoms with Crippen molar-refractivity contribution in [2.45, 2.75) is 27.7 Å². The highest BCUT2D eigenvalue weighted by molar-refractivity contribution is 6.28. The molecule has 0 saturated carbocycles. The molecule has 6 aromatic rings. The van der Waals surface area contributed by atoms with Crippen molar-refractivity contribution >= 4 is 49.0 Å². The molecule has 0 radical (unpaired) electrons. The first kappa shape index (κ1) is 17.2. The maximum Gasteiger partial charge on any atom is 0.224 e. The van der Waals surface area contributed by atoms with E-state index in [1.807, 2.05) is 6.20 Å². The summed E-state index contributed by atoms with van der Waals surface area (Å²) in [5, 5.41) is 15.9. The van der Waals surface area contributed by atoms with Gasteiger partial charge in [0.05, 0.1) is 27.3 Å². The second-order valence-corrected chi connectivity index (χ2v) is 8.57. The average Bonchev–Trinajstić information content (AvgIpc) is 3.10. The van der Waals surface area contributed by atoms with Gasteiger partial charge in [-0.2, -0.15) is 9.83 Å². The maximum atomic E-state index is 9.85. The summed E-state index contributed by atoms with van der Waals surface area (Å²) in [7, 11) is 2.07. The lowest BCUT2D eigenvalue weighted by Crippen LogP contribution is -2.30. The van der Waals surface area contributed by atoms with Crippen LogP contribution in [0.2, 0.25) is 0 Å². The third-order valence-corrected chi connectivity index (χ3v) is 7.27. The van der Waals surface area contributed by atoms with Crippen LogP contribution in [0.4, 0.5) is 0 Å². The molecule has 0 saturated heterocycles. The Morgan fingerprint density at radius 3 is 2.23 bits per heavy atom. The molecule has 3 heteroatoms. The van der Waals surface area contributed by atoms with Crippen LogP contribution < -0.4 is 4.57 Å². The minimum Gasteiger partial charge on any atom is -0.307 e. The van der Waals surface area contributed by atoms with E-state index in [2.05, 4.69) is 86.2 Å². The van der Waals surface area contributed by atoms with E-state index in [1.54, 1.807) is 0 Å². The Hall–Kier alpha value is -3.64. The zero-order chi connectivity index (χ0) is 20.9. The summed E-state index contributed by atoms with van der Waals surface area (Å²) in [5.41, 5.74) is 11.0. The number of rotatable bonds is 0. The fourth-order valence-electron chi connectivity index (χ4n) is 5.51. The fourth-order valence-corrected chi connectivity index (χ4v) is 5.51. The lowest BCUT2D eigenvalue weighted by Gasteiger charge is -2.18. The van der Waals surface area contributed by atoms with Gasteiger partial charge in [-0.05, 0) is 56.0 Å². The Morgan fingerprint density at radius 2 is 1.47 bits per heavy atom. The van der Waals surface area contributed by atoms with Crippen LogP contribution in [-0.2, 0) is 7.05 Å². The van der Waals surface area contributed by atoms with Crippen LogP contribution in [0.5, 0.6) is 0 Å². The van der Waals surface area contributed by atoms with Gasteiger partial charge in [0.15, 0.2) is 6.20 Å². The predicted molar refractivity (Wildman–Crippen MR) is 123 cm³/mol. The minimum absolute atomic E-state index is 0.719. The first-order valence-electron chi connectivity index (χ1n) is 10.4. The summed E-state index contributed by atoms with van der Waals surface area (Å²) in [6, 6.07) is 15.4. The van der Waals surface area contributed by atoms with E-state index in [1.165, 1.54) is 65.9 Å². The lowest BCUT2D eigenvalue weighted by atomic mass is 9.91. The lowest BCUT2D eigenvalue weighted by molar-refractivity contribution is -0.644. The van der Waals surface area contributed by atoms with Crippen molar-refractivity contribution in [3.63, 3.8) is 0 Å². The van der Waals surface area contributed by atoms with E-state index in [-0.39, 0.29) is 0 Å². The molecule has 0 aliphatic heterocycles. The number of fused-ring (bicyclic) bond motifs is 6. The molecule has 0 spiro atoms. The molecule has 3 nitrogen and oxygen atoms in total. The number of nitriles is 1. The number of aryl methyl sites for hydroxylation is 3. The Balaban J connectivity index is 2.18. The van der Waals surface area contributed by atoms with Gasteiger partial charge in [-0.25, -0.2) is 0 Å². The number of nitrogens with zero attached hydrogens (tertiary/aromatic N) is 3. The standard InChI is InChI=1S/C27H22N3/c1-14-15(2)17(4)25-23(16(14)3)27-24-19(18(12-28)13-29(27)5)10-11-21-20-8-6-7-9-22(20)30(25)26(21)24/h6-11,13H,1-5H3/q+1. The third-order valence-electron chi connectivity index (χ3n) is 7.27. The van der Waals surface area contributed by atoms with E-state index >= 15 is 0 Å². The Morgan fingerprint density at radius 1 is 0.767 bits per heavy atom. The number of aromatic nitrogens is 2. The number of hydrogen-bond acceptors (Lipinski definition) is 1. The number of para-hydroxylation sites is 1. The second kappa shape index (κ2) is 5.49. The number of benzene rings is 3. The summed E-state index contributed by atoms with van der Waals surface area (Å²) < 4.78 is 4.60. The van der Waals surface area contributed by atoms with Gasteiger partial charge in [-0.3, -0.25) is 0 Å². The van der Waals surface area contributed by atoms with Crippen molar-refractivity contribution < 1.29 is 4.57 Å². The summed E-state index contributed by atoms with van der Waals surface area (Å²) >= 11 is 0. The molecule has 0 aliphatic carbocycles. The predicted octanol–water partition coefficient (Wildman–Crippen LogP) is 5.92. The molecule has 0 atom stereocenters. The van der Waals surface area contributed by atoms with Gasteiger partial charge in [-0.15, -0.1) is 0 Å². The average molecular weight is 388 g/mol. The van der Waals surface area contributed by atoms with Crippen LogP contribution in [0.1, 0.15) is 27.8 Å². The van der Waals surface area contributed by atoms with Crippen molar-refractivity contribution in [3.05, 3.63) is 70.4 Å². The van der Waals surface area contributed by atoms with Gasteiger partial charge in [0.2, 0.25) is 5.52 Å². The molecule has 144 valence electrons. The van der Waals surface area contributed by atoms with Crippen molar-refractivity contribution in [1.82, 2.24) is 4.40 Å². The molecule has 0 fully saturated rings. The summed E-state index contributed by atoms with van der Waals surface area (Å²) in [5.74, 6) is 0. The molecule has 0 N–H and O–H groups in total. The highest BCUT2D eigenvalue weighted by Crippen LogP contribution is 2.43. The van der Waals surface area contributed by atoms with Crippen LogP contribution in [-0.4, -0.2) is 4.40 Å². The van der Waals surface area contributed by atoms with Crippen LogP contribution >= 0.6 is 0 Å². The van der Waals surface area contributed by atoms with Crippen LogP contribution in [0.15, 0.2) is 42.6 Å². The third kappa shape index (κ3) is 1.78. The first-order chi connectivity index (χ1) is 14.5. The zero-order valence-corrected chi connectivity index (χ0v) is 17.9. The van der Waals surface area contributed by atoms with E-state index in [0.717, 1.165) is 10.9 Å². The number of hydrogen-bond donors (Lipinski definition) is 0. The van der Waals surface area contributed by atoms with E-state index in [4.69, 9.17) is 0 Å². The van der Waals surface area contributed by atoms with Crippen LogP contribution in [0.3, 0.4) is 0 Å². The van der Waals surface area contributed by atoms with Crippen LogP contribution in [0.25, 0.3) is 49.0 Å². The molecular formula is C27H22N3+. The van der Waals surface area contributed by atoms with Gasteiger partial charge < -0.3 is 4.40 Å². The molecule has 3 aromatic carbocycles. The summed E-state index contributed by atoms with van der Waals surface area (Å²) in [4.78, 5) is 0. The summed E-state index contributed by atoms with van der Waals surface area (Å²) in [6.07, 6.45) is 1.98. The molecule has 0 bridgehead atoms. The van der Waals surface area contributed by atoms with Crippen molar-refractivity contribution in [2.75, 3.05) is 0 Å². The summed E-state index contributed by atoms with van der Waals surface area (Å²) in [6.45, 7) is 8.94. The monoisotopic (exact) mass is 388 g/mol. The smallest absolute Gasteiger partial charge is 0.224 e. The van der Waals surface area contributed by atoms with E-state index < -0.39 is 0 Å². The topological polar surface area (TPSA) is 32.1 Å². The molecule has 3 heterocycles. The Labute approximate surface area is 174 Å². The molecule has 0 aliphatic rings. The first-order valence-corrected chi connectivity index (χ1v) is 10.4. The van der Waals surface area contributed by atoms with Crippen LogP contribution in [0, 0.1) is 39.0 Å². The minimum atomic E-state index is 0.719. The van der Waals surface area contributed by atoms with Gasteiger partial charge in [0.25, 0.3) is 0 Å². The van der Waals surface area contributed by atoms with Crippen molar-refractivity contribution in [2.24, 2.45) is 7.05 Å². The SMILES string of the molecule is Cc1c(C)c(C)c2c(c1C)c1c3c(ccc4c5ccccc5n2c43)c(C#N)c[n+]1C. The quantitative estimate of drug-likeness (QED) is 0.181. The molecule has 3 aromatic heterocycles. The van der Waals surface area contributed by atoms with E-state index in [0.29, 0.717) is 0 Å².